The highest BCUT2D eigenvalue weighted by atomic mass is 16.3. The van der Waals surface area contributed by atoms with Crippen molar-refractivity contribution in [2.45, 2.75) is 6.10 Å². The van der Waals surface area contributed by atoms with Crippen molar-refractivity contribution in [3.05, 3.63) is 47.8 Å². The number of aryl methyl sites for hydroxylation is 1. The molecule has 1 heterocycles. The van der Waals surface area contributed by atoms with E-state index in [1.807, 2.05) is 30.3 Å². The average molecular weight is 189 g/mol. The van der Waals surface area contributed by atoms with Crippen LogP contribution in [0.15, 0.2) is 36.5 Å². The maximum Gasteiger partial charge on any atom is 0.124 e. The van der Waals surface area contributed by atoms with E-state index >= 15 is 0 Å². The quantitative estimate of drug-likeness (QED) is 0.763. The van der Waals surface area contributed by atoms with Crippen LogP contribution in [0, 0.1) is 0 Å². The zero-order valence-electron chi connectivity index (χ0n) is 7.83. The van der Waals surface area contributed by atoms with Gasteiger partial charge in [-0.2, -0.15) is 0 Å². The van der Waals surface area contributed by atoms with Gasteiger partial charge in [0, 0.05) is 7.05 Å². The maximum absolute atomic E-state index is 9.89. The molecule has 4 nitrogen and oxygen atoms in total. The lowest BCUT2D eigenvalue weighted by Crippen LogP contribution is -1.99. The Bertz CT molecular complexity index is 410. The first-order valence-corrected chi connectivity index (χ1v) is 4.36. The topological polar surface area (TPSA) is 50.9 Å². The number of hydrogen-bond acceptors (Lipinski definition) is 3. The van der Waals surface area contributed by atoms with Gasteiger partial charge in [0.1, 0.15) is 11.8 Å². The highest BCUT2D eigenvalue weighted by molar-refractivity contribution is 5.23. The zero-order valence-corrected chi connectivity index (χ0v) is 7.83. The Labute approximate surface area is 81.8 Å². The predicted molar refractivity (Wildman–Crippen MR) is 51.5 cm³/mol. The van der Waals surface area contributed by atoms with Crippen molar-refractivity contribution in [2.75, 3.05) is 0 Å². The normalized spacial score (nSPS) is 12.7. The molecule has 2 rings (SSSR count). The fraction of sp³-hybridized carbons (Fsp3) is 0.200. The van der Waals surface area contributed by atoms with Crippen LogP contribution in [0.25, 0.3) is 0 Å². The number of aromatic nitrogens is 3. The SMILES string of the molecule is Cn1cc([C@H](O)c2ccccc2)nn1. The van der Waals surface area contributed by atoms with Gasteiger partial charge in [0.05, 0.1) is 6.20 Å². The third-order valence-corrected chi connectivity index (χ3v) is 2.02. The van der Waals surface area contributed by atoms with Crippen LogP contribution < -0.4 is 0 Å². The van der Waals surface area contributed by atoms with Crippen LogP contribution in [-0.4, -0.2) is 20.1 Å². The van der Waals surface area contributed by atoms with Crippen LogP contribution in [0.3, 0.4) is 0 Å². The Hall–Kier alpha value is -1.68. The van der Waals surface area contributed by atoms with Gasteiger partial charge in [-0.3, -0.25) is 4.68 Å². The van der Waals surface area contributed by atoms with E-state index in [0.29, 0.717) is 5.69 Å². The summed E-state index contributed by atoms with van der Waals surface area (Å²) in [5.74, 6) is 0. The van der Waals surface area contributed by atoms with E-state index in [0.717, 1.165) is 5.56 Å². The summed E-state index contributed by atoms with van der Waals surface area (Å²) < 4.78 is 1.57. The summed E-state index contributed by atoms with van der Waals surface area (Å²) in [6, 6.07) is 9.40. The molecule has 0 bridgehead atoms. The number of aliphatic hydroxyl groups is 1. The second kappa shape index (κ2) is 3.59. The molecule has 0 radical (unpaired) electrons. The van der Waals surface area contributed by atoms with Gasteiger partial charge in [-0.25, -0.2) is 0 Å². The number of rotatable bonds is 2. The van der Waals surface area contributed by atoms with Crippen molar-refractivity contribution in [3.63, 3.8) is 0 Å². The molecule has 4 heteroatoms. The molecule has 1 aromatic carbocycles. The van der Waals surface area contributed by atoms with E-state index in [2.05, 4.69) is 10.3 Å². The van der Waals surface area contributed by atoms with Crippen LogP contribution in [-0.2, 0) is 7.05 Å². The van der Waals surface area contributed by atoms with Crippen LogP contribution in [0.4, 0.5) is 0 Å². The van der Waals surface area contributed by atoms with Gasteiger partial charge in [-0.15, -0.1) is 5.10 Å². The lowest BCUT2D eigenvalue weighted by atomic mass is 10.1. The highest BCUT2D eigenvalue weighted by Gasteiger charge is 2.12. The molecule has 1 N–H and O–H groups in total. The molecule has 14 heavy (non-hydrogen) atoms. The first kappa shape index (κ1) is 8.90. The fourth-order valence-electron chi connectivity index (χ4n) is 1.30. The summed E-state index contributed by atoms with van der Waals surface area (Å²) in [4.78, 5) is 0. The van der Waals surface area contributed by atoms with E-state index < -0.39 is 6.10 Å². The molecule has 0 aliphatic rings. The minimum atomic E-state index is -0.690. The molecule has 1 atom stereocenters. The van der Waals surface area contributed by atoms with Crippen molar-refractivity contribution in [2.24, 2.45) is 7.05 Å². The van der Waals surface area contributed by atoms with Crippen LogP contribution >= 0.6 is 0 Å². The smallest absolute Gasteiger partial charge is 0.124 e. The van der Waals surface area contributed by atoms with E-state index in [1.165, 1.54) is 0 Å². The minimum absolute atomic E-state index is 0.568. The summed E-state index contributed by atoms with van der Waals surface area (Å²) in [6.07, 6.45) is 1.02. The Kier molecular flexibility index (Phi) is 2.28. The van der Waals surface area contributed by atoms with Gasteiger partial charge in [0.15, 0.2) is 0 Å². The Morgan fingerprint density at radius 1 is 1.29 bits per heavy atom. The van der Waals surface area contributed by atoms with E-state index in [4.69, 9.17) is 0 Å². The third kappa shape index (κ3) is 1.65. The molecule has 0 unspecified atom stereocenters. The largest absolute Gasteiger partial charge is 0.382 e. The van der Waals surface area contributed by atoms with E-state index in [1.54, 1.807) is 17.9 Å². The Morgan fingerprint density at radius 2 is 2.00 bits per heavy atom. The summed E-state index contributed by atoms with van der Waals surface area (Å²) >= 11 is 0. The van der Waals surface area contributed by atoms with Crippen LogP contribution in [0.5, 0.6) is 0 Å². The maximum atomic E-state index is 9.89. The van der Waals surface area contributed by atoms with E-state index in [9.17, 15) is 5.11 Å². The summed E-state index contributed by atoms with van der Waals surface area (Å²) in [6.45, 7) is 0. The third-order valence-electron chi connectivity index (χ3n) is 2.02. The van der Waals surface area contributed by atoms with Gasteiger partial charge in [0.2, 0.25) is 0 Å². The van der Waals surface area contributed by atoms with Crippen molar-refractivity contribution in [1.82, 2.24) is 15.0 Å². The Balaban J connectivity index is 2.29. The lowest BCUT2D eigenvalue weighted by molar-refractivity contribution is 0.215. The van der Waals surface area contributed by atoms with Gasteiger partial charge in [-0.05, 0) is 5.56 Å². The first-order chi connectivity index (χ1) is 6.77. The molecule has 0 aliphatic carbocycles. The fourth-order valence-corrected chi connectivity index (χ4v) is 1.30. The number of aliphatic hydroxyl groups excluding tert-OH is 1. The molecule has 0 amide bonds. The molecule has 0 fully saturated rings. The molecule has 0 saturated heterocycles. The second-order valence-corrected chi connectivity index (χ2v) is 3.13. The van der Waals surface area contributed by atoms with Gasteiger partial charge >= 0.3 is 0 Å². The van der Waals surface area contributed by atoms with Crippen molar-refractivity contribution in [1.29, 1.82) is 0 Å². The monoisotopic (exact) mass is 189 g/mol. The average Bonchev–Trinajstić information content (AvgIpc) is 2.65. The standard InChI is InChI=1S/C10H11N3O/c1-13-7-9(11-12-13)10(14)8-5-3-2-4-6-8/h2-7,10,14H,1H3/t10-/m1/s1. The molecule has 72 valence electrons. The summed E-state index contributed by atoms with van der Waals surface area (Å²) in [5.41, 5.74) is 1.40. The zero-order chi connectivity index (χ0) is 9.97. The lowest BCUT2D eigenvalue weighted by Gasteiger charge is -2.05. The second-order valence-electron chi connectivity index (χ2n) is 3.13. The molecule has 0 saturated carbocycles. The van der Waals surface area contributed by atoms with Crippen LogP contribution in [0.1, 0.15) is 17.4 Å². The van der Waals surface area contributed by atoms with Crippen molar-refractivity contribution in [3.8, 4) is 0 Å². The molecule has 2 aromatic rings. The summed E-state index contributed by atoms with van der Waals surface area (Å²) in [7, 11) is 1.77. The molecule has 0 spiro atoms. The highest BCUT2D eigenvalue weighted by Crippen LogP contribution is 2.18. The van der Waals surface area contributed by atoms with Crippen LogP contribution in [0.2, 0.25) is 0 Å². The van der Waals surface area contributed by atoms with E-state index in [-0.39, 0.29) is 0 Å². The van der Waals surface area contributed by atoms with Gasteiger partial charge in [-0.1, -0.05) is 35.5 Å². The molecule has 0 aliphatic heterocycles. The number of nitrogens with zero attached hydrogens (tertiary/aromatic N) is 3. The molecular formula is C10H11N3O. The van der Waals surface area contributed by atoms with Crippen molar-refractivity contribution < 1.29 is 5.11 Å². The molecular weight excluding hydrogens is 178 g/mol. The van der Waals surface area contributed by atoms with Crippen molar-refractivity contribution >= 4 is 0 Å². The first-order valence-electron chi connectivity index (χ1n) is 4.36. The van der Waals surface area contributed by atoms with Gasteiger partial charge < -0.3 is 5.11 Å². The number of hydrogen-bond donors (Lipinski definition) is 1. The molecule has 1 aromatic heterocycles. The Morgan fingerprint density at radius 3 is 2.57 bits per heavy atom. The number of benzene rings is 1. The predicted octanol–water partition coefficient (Wildman–Crippen LogP) is 0.897. The summed E-state index contributed by atoms with van der Waals surface area (Å²) in [5, 5.41) is 17.5. The van der Waals surface area contributed by atoms with Gasteiger partial charge in [0.25, 0.3) is 0 Å². The minimum Gasteiger partial charge on any atom is -0.382 e.